The van der Waals surface area contributed by atoms with E-state index in [-0.39, 0.29) is 10.6 Å². The molecule has 0 unspecified atom stereocenters. The highest BCUT2D eigenvalue weighted by molar-refractivity contribution is 7.92. The molecule has 0 heterocycles. The zero-order chi connectivity index (χ0) is 18.0. The molecule has 0 spiro atoms. The third kappa shape index (κ3) is 3.65. The van der Waals surface area contributed by atoms with E-state index in [9.17, 15) is 8.42 Å². The third-order valence-corrected chi connectivity index (χ3v) is 5.33. The smallest absolute Gasteiger partial charge is 0.262 e. The van der Waals surface area contributed by atoms with Gasteiger partial charge in [0, 0.05) is 5.02 Å². The number of nitrogens with one attached hydrogen (secondary N) is 1. The zero-order valence-corrected chi connectivity index (χ0v) is 15.2. The van der Waals surface area contributed by atoms with Crippen LogP contribution in [0.25, 0.3) is 10.8 Å². The van der Waals surface area contributed by atoms with Crippen molar-refractivity contribution in [2.45, 2.75) is 4.90 Å². The van der Waals surface area contributed by atoms with Crippen LogP contribution in [0.2, 0.25) is 5.02 Å². The van der Waals surface area contributed by atoms with Crippen LogP contribution in [-0.2, 0) is 10.0 Å². The molecule has 5 nitrogen and oxygen atoms in total. The molecule has 0 aromatic heterocycles. The summed E-state index contributed by atoms with van der Waals surface area (Å²) in [6.45, 7) is 0. The first kappa shape index (κ1) is 17.4. The monoisotopic (exact) mass is 377 g/mol. The van der Waals surface area contributed by atoms with Crippen LogP contribution in [-0.4, -0.2) is 22.6 Å². The van der Waals surface area contributed by atoms with Crippen molar-refractivity contribution in [1.82, 2.24) is 0 Å². The minimum absolute atomic E-state index is 0.146. The Balaban J connectivity index is 2.00. The van der Waals surface area contributed by atoms with Crippen molar-refractivity contribution in [3.63, 3.8) is 0 Å². The summed E-state index contributed by atoms with van der Waals surface area (Å²) in [4.78, 5) is 0.146. The molecule has 0 fully saturated rings. The number of halogens is 1. The minimum Gasteiger partial charge on any atom is -0.497 e. The number of hydrogen-bond donors (Lipinski definition) is 1. The maximum Gasteiger partial charge on any atom is 0.262 e. The number of rotatable bonds is 5. The molecule has 0 bridgehead atoms. The topological polar surface area (TPSA) is 64.6 Å². The van der Waals surface area contributed by atoms with Gasteiger partial charge in [-0.15, -0.1) is 0 Å². The summed E-state index contributed by atoms with van der Waals surface area (Å²) in [5.41, 5.74) is 0.282. The summed E-state index contributed by atoms with van der Waals surface area (Å²) in [5, 5.41) is 2.09. The molecule has 0 aliphatic heterocycles. The van der Waals surface area contributed by atoms with Gasteiger partial charge < -0.3 is 9.47 Å². The van der Waals surface area contributed by atoms with Gasteiger partial charge in [0.15, 0.2) is 0 Å². The first-order valence-corrected chi connectivity index (χ1v) is 9.23. The van der Waals surface area contributed by atoms with Crippen molar-refractivity contribution >= 4 is 38.1 Å². The fourth-order valence-corrected chi connectivity index (χ4v) is 3.73. The van der Waals surface area contributed by atoms with Crippen molar-refractivity contribution in [2.24, 2.45) is 0 Å². The lowest BCUT2D eigenvalue weighted by atomic mass is 10.1. The van der Waals surface area contributed by atoms with Crippen molar-refractivity contribution in [1.29, 1.82) is 0 Å². The predicted octanol–water partition coefficient (Wildman–Crippen LogP) is 4.31. The average Bonchev–Trinajstić information content (AvgIpc) is 2.60. The fraction of sp³-hybridized carbons (Fsp3) is 0.111. The zero-order valence-electron chi connectivity index (χ0n) is 13.6. The SMILES string of the molecule is COc1ccc2cc(S(=O)(=O)Nc3cc(Cl)ccc3OC)ccc2c1. The largest absolute Gasteiger partial charge is 0.497 e. The Labute approximate surface area is 151 Å². The lowest BCUT2D eigenvalue weighted by molar-refractivity contribution is 0.415. The maximum absolute atomic E-state index is 12.7. The van der Waals surface area contributed by atoms with Crippen LogP contribution < -0.4 is 14.2 Å². The van der Waals surface area contributed by atoms with Crippen LogP contribution >= 0.6 is 11.6 Å². The van der Waals surface area contributed by atoms with E-state index in [0.29, 0.717) is 16.5 Å². The Kier molecular flexibility index (Phi) is 4.74. The Morgan fingerprint density at radius 3 is 2.32 bits per heavy atom. The van der Waals surface area contributed by atoms with E-state index in [4.69, 9.17) is 21.1 Å². The van der Waals surface area contributed by atoms with Crippen molar-refractivity contribution in [3.05, 3.63) is 59.6 Å². The summed E-state index contributed by atoms with van der Waals surface area (Å²) < 4.78 is 38.3. The summed E-state index contributed by atoms with van der Waals surface area (Å²) in [7, 11) is -0.741. The Hall–Kier alpha value is -2.44. The lowest BCUT2D eigenvalue weighted by Gasteiger charge is -2.13. The molecule has 130 valence electrons. The van der Waals surface area contributed by atoms with Crippen LogP contribution in [0, 0.1) is 0 Å². The molecule has 0 atom stereocenters. The summed E-state index contributed by atoms with van der Waals surface area (Å²) in [6.07, 6.45) is 0. The number of methoxy groups -OCH3 is 2. The predicted molar refractivity (Wildman–Crippen MR) is 99.3 cm³/mol. The molecule has 0 aliphatic carbocycles. The highest BCUT2D eigenvalue weighted by Gasteiger charge is 2.17. The van der Waals surface area contributed by atoms with E-state index in [1.807, 2.05) is 12.1 Å². The first-order valence-electron chi connectivity index (χ1n) is 7.37. The Morgan fingerprint density at radius 2 is 1.60 bits per heavy atom. The van der Waals surface area contributed by atoms with Gasteiger partial charge in [-0.1, -0.05) is 23.7 Å². The standard InChI is InChI=1S/C18H16ClNO4S/c1-23-15-6-3-13-10-16(7-4-12(13)9-15)25(21,22)20-17-11-14(19)5-8-18(17)24-2/h3-11,20H,1-2H3. The number of anilines is 1. The van der Waals surface area contributed by atoms with E-state index in [0.717, 1.165) is 10.8 Å². The van der Waals surface area contributed by atoms with Gasteiger partial charge in [0.2, 0.25) is 0 Å². The van der Waals surface area contributed by atoms with Gasteiger partial charge >= 0.3 is 0 Å². The molecule has 25 heavy (non-hydrogen) atoms. The van der Waals surface area contributed by atoms with Crippen LogP contribution in [0.15, 0.2) is 59.5 Å². The second-order valence-corrected chi connectivity index (χ2v) is 7.44. The van der Waals surface area contributed by atoms with Gasteiger partial charge in [0.1, 0.15) is 11.5 Å². The molecule has 3 aromatic carbocycles. The maximum atomic E-state index is 12.7. The van der Waals surface area contributed by atoms with Gasteiger partial charge in [-0.25, -0.2) is 8.42 Å². The molecule has 3 aromatic rings. The third-order valence-electron chi connectivity index (χ3n) is 3.74. The Bertz CT molecular complexity index is 1030. The van der Waals surface area contributed by atoms with E-state index in [1.165, 1.54) is 13.2 Å². The summed E-state index contributed by atoms with van der Waals surface area (Å²) >= 11 is 5.95. The van der Waals surface area contributed by atoms with Gasteiger partial charge in [-0.2, -0.15) is 0 Å². The highest BCUT2D eigenvalue weighted by Crippen LogP contribution is 2.30. The van der Waals surface area contributed by atoms with Gasteiger partial charge in [0.25, 0.3) is 10.0 Å². The Morgan fingerprint density at radius 1 is 0.880 bits per heavy atom. The van der Waals surface area contributed by atoms with Crippen LogP contribution in [0.4, 0.5) is 5.69 Å². The highest BCUT2D eigenvalue weighted by atomic mass is 35.5. The molecular weight excluding hydrogens is 362 g/mol. The number of ether oxygens (including phenoxy) is 2. The number of benzene rings is 3. The van der Waals surface area contributed by atoms with Crippen LogP contribution in [0.3, 0.4) is 0 Å². The van der Waals surface area contributed by atoms with E-state index < -0.39 is 10.0 Å². The second kappa shape index (κ2) is 6.82. The molecule has 1 N–H and O–H groups in total. The summed E-state index contributed by atoms with van der Waals surface area (Å²) in [5.74, 6) is 1.10. The van der Waals surface area contributed by atoms with Crippen molar-refractivity contribution in [3.8, 4) is 11.5 Å². The molecule has 0 aliphatic rings. The molecule has 0 saturated carbocycles. The molecule has 0 radical (unpaired) electrons. The number of fused-ring (bicyclic) bond motifs is 1. The normalized spacial score (nSPS) is 11.3. The van der Waals surface area contributed by atoms with Crippen molar-refractivity contribution < 1.29 is 17.9 Å². The van der Waals surface area contributed by atoms with Gasteiger partial charge in [0.05, 0.1) is 24.8 Å². The average molecular weight is 378 g/mol. The minimum atomic E-state index is -3.79. The van der Waals surface area contributed by atoms with Gasteiger partial charge in [-0.05, 0) is 53.2 Å². The van der Waals surface area contributed by atoms with Gasteiger partial charge in [-0.3, -0.25) is 4.72 Å². The quantitative estimate of drug-likeness (QED) is 0.719. The second-order valence-electron chi connectivity index (χ2n) is 5.32. The number of sulfonamides is 1. The first-order chi connectivity index (χ1) is 11.9. The van der Waals surface area contributed by atoms with Crippen LogP contribution in [0.1, 0.15) is 0 Å². The molecule has 3 rings (SSSR count). The number of hydrogen-bond acceptors (Lipinski definition) is 4. The lowest BCUT2D eigenvalue weighted by Crippen LogP contribution is -2.13. The fourth-order valence-electron chi connectivity index (χ4n) is 2.46. The summed E-state index contributed by atoms with van der Waals surface area (Å²) in [6, 6.07) is 15.1. The van der Waals surface area contributed by atoms with Crippen molar-refractivity contribution in [2.75, 3.05) is 18.9 Å². The van der Waals surface area contributed by atoms with E-state index >= 15 is 0 Å². The van der Waals surface area contributed by atoms with Crippen LogP contribution in [0.5, 0.6) is 11.5 Å². The molecule has 0 amide bonds. The van der Waals surface area contributed by atoms with E-state index in [2.05, 4.69) is 4.72 Å². The molecule has 7 heteroatoms. The molecule has 0 saturated heterocycles. The molecular formula is C18H16ClNO4S. The van der Waals surface area contributed by atoms with E-state index in [1.54, 1.807) is 43.5 Å².